The van der Waals surface area contributed by atoms with Crippen LogP contribution in [0.25, 0.3) is 0 Å². The third-order valence-electron chi connectivity index (χ3n) is 6.13. The van der Waals surface area contributed by atoms with E-state index in [9.17, 15) is 18.8 Å². The number of benzene rings is 1. The van der Waals surface area contributed by atoms with Crippen LogP contribution in [0.15, 0.2) is 24.3 Å². The molecule has 0 bridgehead atoms. The highest BCUT2D eigenvalue weighted by Crippen LogP contribution is 2.45. The number of carbonyl (C=O) groups excluding carboxylic acids is 2. The molecule has 1 aliphatic heterocycles. The van der Waals surface area contributed by atoms with Crippen molar-refractivity contribution in [2.24, 2.45) is 0 Å². The quantitative estimate of drug-likeness (QED) is 0.838. The summed E-state index contributed by atoms with van der Waals surface area (Å²) in [4.78, 5) is 39.6. The standard InChI is InChI=1S/C21H27FN2O4/c1-15(25)24(14-19(26)27)18-7-3-11-23(12-8-18)20(28)21(9-4-10-21)16-5-2-6-17(22)13-16/h2,5-6,13,18H,3-4,7-12,14H2,1H3,(H,26,27). The maximum atomic E-state index is 13.7. The number of amides is 2. The lowest BCUT2D eigenvalue weighted by molar-refractivity contribution is -0.145. The molecule has 3 rings (SSSR count). The minimum atomic E-state index is -1.04. The van der Waals surface area contributed by atoms with Crippen molar-refractivity contribution in [1.82, 2.24) is 9.80 Å². The number of carboxylic acids is 1. The number of hydrogen-bond acceptors (Lipinski definition) is 3. The van der Waals surface area contributed by atoms with Crippen LogP contribution in [-0.4, -0.2) is 58.4 Å². The van der Waals surface area contributed by atoms with Crippen LogP contribution in [0.4, 0.5) is 4.39 Å². The van der Waals surface area contributed by atoms with E-state index < -0.39 is 11.4 Å². The van der Waals surface area contributed by atoms with Crippen molar-refractivity contribution in [3.63, 3.8) is 0 Å². The summed E-state index contributed by atoms with van der Waals surface area (Å²) in [5.74, 6) is -1.61. The Morgan fingerprint density at radius 3 is 2.54 bits per heavy atom. The Kier molecular flexibility index (Phi) is 6.01. The van der Waals surface area contributed by atoms with E-state index in [1.165, 1.54) is 24.0 Å². The van der Waals surface area contributed by atoms with Crippen molar-refractivity contribution in [1.29, 1.82) is 0 Å². The molecule has 0 radical (unpaired) electrons. The van der Waals surface area contributed by atoms with E-state index in [4.69, 9.17) is 5.11 Å². The number of nitrogens with zero attached hydrogens (tertiary/aromatic N) is 2. The summed E-state index contributed by atoms with van der Waals surface area (Å²) in [6.45, 7) is 2.11. The predicted molar refractivity (Wildman–Crippen MR) is 101 cm³/mol. The Morgan fingerprint density at radius 2 is 1.96 bits per heavy atom. The maximum absolute atomic E-state index is 13.7. The second-order valence-corrected chi connectivity index (χ2v) is 7.86. The van der Waals surface area contributed by atoms with E-state index in [2.05, 4.69) is 0 Å². The molecule has 0 spiro atoms. The Bertz CT molecular complexity index is 763. The summed E-state index contributed by atoms with van der Waals surface area (Å²) >= 11 is 0. The molecule has 152 valence electrons. The van der Waals surface area contributed by atoms with E-state index in [0.717, 1.165) is 12.0 Å². The highest BCUT2D eigenvalue weighted by molar-refractivity contribution is 5.89. The van der Waals surface area contributed by atoms with Gasteiger partial charge in [-0.1, -0.05) is 18.6 Å². The van der Waals surface area contributed by atoms with Gasteiger partial charge in [-0.2, -0.15) is 0 Å². The molecule has 2 fully saturated rings. The molecule has 6 nitrogen and oxygen atoms in total. The first-order valence-electron chi connectivity index (χ1n) is 9.88. The van der Waals surface area contributed by atoms with Gasteiger partial charge >= 0.3 is 5.97 Å². The number of likely N-dealkylation sites (tertiary alicyclic amines) is 1. The van der Waals surface area contributed by atoms with Gasteiger partial charge in [-0.25, -0.2) is 4.39 Å². The summed E-state index contributed by atoms with van der Waals surface area (Å²) in [6, 6.07) is 6.13. The average Bonchev–Trinajstić information content (AvgIpc) is 2.84. The number of aliphatic carboxylic acids is 1. The van der Waals surface area contributed by atoms with Crippen molar-refractivity contribution in [3.05, 3.63) is 35.6 Å². The van der Waals surface area contributed by atoms with Crippen molar-refractivity contribution < 1.29 is 23.9 Å². The highest BCUT2D eigenvalue weighted by Gasteiger charge is 2.48. The van der Waals surface area contributed by atoms with Crippen LogP contribution >= 0.6 is 0 Å². The van der Waals surface area contributed by atoms with Gasteiger partial charge in [0.15, 0.2) is 0 Å². The first kappa shape index (κ1) is 20.3. The van der Waals surface area contributed by atoms with E-state index in [1.54, 1.807) is 6.07 Å². The molecule has 1 aliphatic carbocycles. The molecule has 1 saturated carbocycles. The number of halogens is 1. The lowest BCUT2D eigenvalue weighted by atomic mass is 9.63. The third-order valence-corrected chi connectivity index (χ3v) is 6.13. The molecule has 1 aromatic rings. The lowest BCUT2D eigenvalue weighted by Crippen LogP contribution is -2.51. The van der Waals surface area contributed by atoms with Crippen LogP contribution in [0.3, 0.4) is 0 Å². The zero-order chi connectivity index (χ0) is 20.3. The predicted octanol–water partition coefficient (Wildman–Crippen LogP) is 2.56. The zero-order valence-electron chi connectivity index (χ0n) is 16.2. The third kappa shape index (κ3) is 4.03. The Hall–Kier alpha value is -2.44. The van der Waals surface area contributed by atoms with E-state index in [1.807, 2.05) is 11.0 Å². The van der Waals surface area contributed by atoms with Gasteiger partial charge in [-0.15, -0.1) is 0 Å². The fourth-order valence-corrected chi connectivity index (χ4v) is 4.48. The van der Waals surface area contributed by atoms with Gasteiger partial charge in [-0.05, 0) is 49.8 Å². The van der Waals surface area contributed by atoms with Gasteiger partial charge in [0.2, 0.25) is 11.8 Å². The molecule has 7 heteroatoms. The average molecular weight is 390 g/mol. The molecule has 0 aromatic heterocycles. The Balaban J connectivity index is 1.73. The number of carboxylic acid groups (broad SMARTS) is 1. The Labute approximate surface area is 164 Å². The minimum absolute atomic E-state index is 0.0256. The second kappa shape index (κ2) is 8.29. The van der Waals surface area contributed by atoms with E-state index >= 15 is 0 Å². The zero-order valence-corrected chi connectivity index (χ0v) is 16.2. The van der Waals surface area contributed by atoms with E-state index in [-0.39, 0.29) is 30.2 Å². The molecular weight excluding hydrogens is 363 g/mol. The van der Waals surface area contributed by atoms with Crippen LogP contribution in [0.2, 0.25) is 0 Å². The van der Waals surface area contributed by atoms with Crippen molar-refractivity contribution in [2.45, 2.75) is 56.9 Å². The first-order valence-corrected chi connectivity index (χ1v) is 9.88. The van der Waals surface area contributed by atoms with Gasteiger partial charge in [0.05, 0.1) is 5.41 Å². The highest BCUT2D eigenvalue weighted by atomic mass is 19.1. The number of rotatable bonds is 5. The largest absolute Gasteiger partial charge is 0.480 e. The fraction of sp³-hybridized carbons (Fsp3) is 0.571. The van der Waals surface area contributed by atoms with Crippen LogP contribution in [0, 0.1) is 5.82 Å². The van der Waals surface area contributed by atoms with Crippen LogP contribution in [0.5, 0.6) is 0 Å². The summed E-state index contributed by atoms with van der Waals surface area (Å²) in [5.41, 5.74) is 0.0873. The van der Waals surface area contributed by atoms with Gasteiger partial charge in [0.1, 0.15) is 12.4 Å². The van der Waals surface area contributed by atoms with E-state index in [0.29, 0.717) is 45.2 Å². The first-order chi connectivity index (χ1) is 13.3. The van der Waals surface area contributed by atoms with Gasteiger partial charge < -0.3 is 14.9 Å². The van der Waals surface area contributed by atoms with Crippen LogP contribution in [-0.2, 0) is 19.8 Å². The summed E-state index contributed by atoms with van der Waals surface area (Å²) in [7, 11) is 0. The smallest absolute Gasteiger partial charge is 0.323 e. The van der Waals surface area contributed by atoms with Crippen molar-refractivity contribution >= 4 is 17.8 Å². The van der Waals surface area contributed by atoms with Gasteiger partial charge in [0.25, 0.3) is 0 Å². The molecule has 2 aliphatic rings. The molecule has 2 amide bonds. The molecule has 1 unspecified atom stereocenters. The molecule has 1 heterocycles. The number of hydrogen-bond donors (Lipinski definition) is 1. The summed E-state index contributed by atoms with van der Waals surface area (Å²) in [6.07, 6.45) is 4.30. The Morgan fingerprint density at radius 1 is 1.21 bits per heavy atom. The molecule has 28 heavy (non-hydrogen) atoms. The monoisotopic (exact) mass is 390 g/mol. The lowest BCUT2D eigenvalue weighted by Gasteiger charge is -2.44. The maximum Gasteiger partial charge on any atom is 0.323 e. The molecule has 1 saturated heterocycles. The second-order valence-electron chi connectivity index (χ2n) is 7.86. The molecule has 1 atom stereocenters. The van der Waals surface area contributed by atoms with Gasteiger partial charge in [0, 0.05) is 26.1 Å². The normalized spacial score (nSPS) is 21.4. The van der Waals surface area contributed by atoms with Crippen molar-refractivity contribution in [2.75, 3.05) is 19.6 Å². The SMILES string of the molecule is CC(=O)N(CC(=O)O)C1CCCN(C(=O)C2(c3cccc(F)c3)CCC2)CC1. The van der Waals surface area contributed by atoms with Crippen LogP contribution in [0.1, 0.15) is 51.0 Å². The van der Waals surface area contributed by atoms with Gasteiger partial charge in [-0.3, -0.25) is 14.4 Å². The number of carbonyl (C=O) groups is 3. The molecular formula is C21H27FN2O4. The van der Waals surface area contributed by atoms with Crippen molar-refractivity contribution in [3.8, 4) is 0 Å². The minimum Gasteiger partial charge on any atom is -0.480 e. The summed E-state index contributed by atoms with van der Waals surface area (Å²) in [5, 5.41) is 9.08. The fourth-order valence-electron chi connectivity index (χ4n) is 4.48. The molecule has 1 N–H and O–H groups in total. The summed E-state index contributed by atoms with van der Waals surface area (Å²) < 4.78 is 13.7. The topological polar surface area (TPSA) is 77.9 Å². The van der Waals surface area contributed by atoms with Crippen LogP contribution < -0.4 is 0 Å². The molecule has 1 aromatic carbocycles.